The zero-order valence-electron chi connectivity index (χ0n) is 6.10. The summed E-state index contributed by atoms with van der Waals surface area (Å²) in [6, 6.07) is 10.3. The maximum absolute atomic E-state index is 8.47. The number of aliphatic hydroxyl groups is 1. The van der Waals surface area contributed by atoms with Gasteiger partial charge in [0.15, 0.2) is 0 Å². The third-order valence-corrected chi connectivity index (χ3v) is 2.98. The van der Waals surface area contributed by atoms with E-state index in [1.165, 1.54) is 4.46 Å². The van der Waals surface area contributed by atoms with Crippen LogP contribution in [0.15, 0.2) is 41.4 Å². The van der Waals surface area contributed by atoms with Crippen LogP contribution in [0.2, 0.25) is 0 Å². The Balaban J connectivity index is 2.45. The summed E-state index contributed by atoms with van der Waals surface area (Å²) in [6.07, 6.45) is 1.78. The molecule has 1 N–H and O–H groups in total. The second-order valence-corrected chi connectivity index (χ2v) is 4.04. The molecule has 0 radical (unpaired) electrons. The molecule has 1 rings (SSSR count). The van der Waals surface area contributed by atoms with E-state index in [0.717, 1.165) is 0 Å². The SMILES string of the molecule is OC/C=C/[Se]c1ccccc1. The Morgan fingerprint density at radius 1 is 1.27 bits per heavy atom. The van der Waals surface area contributed by atoms with Crippen molar-refractivity contribution in [2.24, 2.45) is 0 Å². The molecule has 11 heavy (non-hydrogen) atoms. The summed E-state index contributed by atoms with van der Waals surface area (Å²) < 4.78 is 1.34. The molecule has 0 saturated heterocycles. The summed E-state index contributed by atoms with van der Waals surface area (Å²) >= 11 is 0.379. The second kappa shape index (κ2) is 5.14. The summed E-state index contributed by atoms with van der Waals surface area (Å²) in [7, 11) is 0. The third kappa shape index (κ3) is 3.38. The predicted octanol–water partition coefficient (Wildman–Crippen LogP) is 0.522. The summed E-state index contributed by atoms with van der Waals surface area (Å²) in [6.45, 7) is 0.147. The van der Waals surface area contributed by atoms with Gasteiger partial charge in [0.05, 0.1) is 0 Å². The van der Waals surface area contributed by atoms with Gasteiger partial charge in [-0.05, 0) is 0 Å². The van der Waals surface area contributed by atoms with Crippen LogP contribution in [0.25, 0.3) is 0 Å². The van der Waals surface area contributed by atoms with Crippen molar-refractivity contribution >= 4 is 19.4 Å². The van der Waals surface area contributed by atoms with Crippen molar-refractivity contribution in [3.63, 3.8) is 0 Å². The Hall–Kier alpha value is -0.561. The van der Waals surface area contributed by atoms with Crippen molar-refractivity contribution in [1.29, 1.82) is 0 Å². The van der Waals surface area contributed by atoms with Crippen LogP contribution in [0.5, 0.6) is 0 Å². The van der Waals surface area contributed by atoms with E-state index in [2.05, 4.69) is 12.1 Å². The molecule has 1 aromatic carbocycles. The molecule has 0 amide bonds. The Labute approximate surface area is 72.9 Å². The minimum absolute atomic E-state index is 0.147. The normalized spacial score (nSPS) is 10.6. The van der Waals surface area contributed by atoms with Crippen LogP contribution in [0.1, 0.15) is 0 Å². The Morgan fingerprint density at radius 3 is 2.64 bits per heavy atom. The van der Waals surface area contributed by atoms with E-state index in [1.54, 1.807) is 6.08 Å². The molecule has 0 spiro atoms. The molecule has 0 bridgehead atoms. The first kappa shape index (κ1) is 8.54. The second-order valence-electron chi connectivity index (χ2n) is 1.99. The van der Waals surface area contributed by atoms with Crippen LogP contribution < -0.4 is 4.46 Å². The van der Waals surface area contributed by atoms with Gasteiger partial charge in [-0.3, -0.25) is 0 Å². The molecule has 0 aliphatic rings. The molecule has 0 aliphatic heterocycles. The van der Waals surface area contributed by atoms with Gasteiger partial charge in [0.25, 0.3) is 0 Å². The van der Waals surface area contributed by atoms with Gasteiger partial charge in [-0.2, -0.15) is 0 Å². The molecule has 0 aliphatic carbocycles. The van der Waals surface area contributed by atoms with E-state index in [9.17, 15) is 0 Å². The standard InChI is InChI=1S/C9H10OSe/c10-7-4-8-11-9-5-2-1-3-6-9/h1-6,8,10H,7H2/b8-4+. The average molecular weight is 213 g/mol. The molecular weight excluding hydrogens is 203 g/mol. The van der Waals surface area contributed by atoms with Crippen molar-refractivity contribution < 1.29 is 5.11 Å². The summed E-state index contributed by atoms with van der Waals surface area (Å²) in [5.74, 6) is 0. The molecular formula is C9H10OSe. The van der Waals surface area contributed by atoms with Gasteiger partial charge in [-0.15, -0.1) is 0 Å². The summed E-state index contributed by atoms with van der Waals surface area (Å²) in [4.78, 5) is 2.03. The van der Waals surface area contributed by atoms with E-state index in [-0.39, 0.29) is 6.61 Å². The van der Waals surface area contributed by atoms with Crippen LogP contribution >= 0.6 is 0 Å². The number of benzene rings is 1. The van der Waals surface area contributed by atoms with Crippen molar-refractivity contribution in [2.75, 3.05) is 6.61 Å². The molecule has 0 unspecified atom stereocenters. The monoisotopic (exact) mass is 214 g/mol. The molecule has 0 saturated carbocycles. The quantitative estimate of drug-likeness (QED) is 0.726. The zero-order chi connectivity index (χ0) is 7.94. The van der Waals surface area contributed by atoms with Crippen molar-refractivity contribution in [1.82, 2.24) is 0 Å². The molecule has 0 aromatic heterocycles. The predicted molar refractivity (Wildman–Crippen MR) is 48.1 cm³/mol. The average Bonchev–Trinajstić information content (AvgIpc) is 2.07. The molecule has 0 atom stereocenters. The molecule has 0 heterocycles. The van der Waals surface area contributed by atoms with E-state index < -0.39 is 0 Å². The number of hydrogen-bond donors (Lipinski definition) is 1. The van der Waals surface area contributed by atoms with Gasteiger partial charge in [0.1, 0.15) is 0 Å². The first-order valence-electron chi connectivity index (χ1n) is 3.41. The first-order chi connectivity index (χ1) is 5.43. The van der Waals surface area contributed by atoms with E-state index in [1.807, 2.05) is 23.2 Å². The maximum atomic E-state index is 8.47. The molecule has 1 aromatic rings. The molecule has 58 valence electrons. The molecule has 0 fully saturated rings. The molecule has 1 nitrogen and oxygen atoms in total. The number of aliphatic hydroxyl groups excluding tert-OH is 1. The fourth-order valence-corrected chi connectivity index (χ4v) is 2.04. The fraction of sp³-hybridized carbons (Fsp3) is 0.111. The van der Waals surface area contributed by atoms with Gasteiger partial charge >= 0.3 is 72.5 Å². The Morgan fingerprint density at radius 2 is 2.00 bits per heavy atom. The molecule has 2 heteroatoms. The Bertz CT molecular complexity index is 218. The van der Waals surface area contributed by atoms with Crippen LogP contribution in [0.3, 0.4) is 0 Å². The van der Waals surface area contributed by atoms with Gasteiger partial charge in [0.2, 0.25) is 0 Å². The topological polar surface area (TPSA) is 20.2 Å². The van der Waals surface area contributed by atoms with Crippen molar-refractivity contribution in [3.8, 4) is 0 Å². The van der Waals surface area contributed by atoms with Crippen LogP contribution in [0, 0.1) is 0 Å². The van der Waals surface area contributed by atoms with Crippen molar-refractivity contribution in [3.05, 3.63) is 41.4 Å². The first-order valence-corrected chi connectivity index (χ1v) is 5.25. The summed E-state index contributed by atoms with van der Waals surface area (Å²) in [5, 5.41) is 8.47. The third-order valence-electron chi connectivity index (χ3n) is 1.15. The van der Waals surface area contributed by atoms with E-state index in [0.29, 0.717) is 15.0 Å². The van der Waals surface area contributed by atoms with Gasteiger partial charge in [-0.25, -0.2) is 0 Å². The van der Waals surface area contributed by atoms with Gasteiger partial charge in [0, 0.05) is 0 Å². The number of rotatable bonds is 3. The van der Waals surface area contributed by atoms with E-state index >= 15 is 0 Å². The van der Waals surface area contributed by atoms with Gasteiger partial charge in [-0.1, -0.05) is 0 Å². The van der Waals surface area contributed by atoms with Crippen LogP contribution in [0.4, 0.5) is 0 Å². The summed E-state index contributed by atoms with van der Waals surface area (Å²) in [5.41, 5.74) is 0. The van der Waals surface area contributed by atoms with Crippen LogP contribution in [-0.2, 0) is 0 Å². The number of hydrogen-bond acceptors (Lipinski definition) is 1. The Kier molecular flexibility index (Phi) is 3.99. The van der Waals surface area contributed by atoms with Gasteiger partial charge < -0.3 is 0 Å². The zero-order valence-corrected chi connectivity index (χ0v) is 7.82. The van der Waals surface area contributed by atoms with Crippen LogP contribution in [-0.4, -0.2) is 26.7 Å². The van der Waals surface area contributed by atoms with E-state index in [4.69, 9.17) is 5.11 Å². The fourth-order valence-electron chi connectivity index (χ4n) is 0.669. The minimum atomic E-state index is 0.147. The van der Waals surface area contributed by atoms with Crippen molar-refractivity contribution in [2.45, 2.75) is 0 Å².